The third-order valence-corrected chi connectivity index (χ3v) is 3.90. The van der Waals surface area contributed by atoms with Gasteiger partial charge in [0, 0.05) is 43.9 Å². The van der Waals surface area contributed by atoms with Gasteiger partial charge in [0.05, 0.1) is 18.9 Å². The molecule has 2 heterocycles. The van der Waals surface area contributed by atoms with E-state index in [-0.39, 0.29) is 5.41 Å². The zero-order valence-corrected chi connectivity index (χ0v) is 13.1. The number of rotatable bonds is 4. The Morgan fingerprint density at radius 1 is 1.40 bits per heavy atom. The van der Waals surface area contributed by atoms with Gasteiger partial charge in [-0.3, -0.25) is 9.67 Å². The van der Waals surface area contributed by atoms with E-state index < -0.39 is 0 Å². The van der Waals surface area contributed by atoms with Gasteiger partial charge in [0.25, 0.3) is 0 Å². The molecule has 6 nitrogen and oxygen atoms in total. The number of guanidine groups is 1. The van der Waals surface area contributed by atoms with Crippen LogP contribution >= 0.6 is 0 Å². The van der Waals surface area contributed by atoms with Gasteiger partial charge in [-0.1, -0.05) is 6.92 Å². The summed E-state index contributed by atoms with van der Waals surface area (Å²) in [6, 6.07) is 0. The van der Waals surface area contributed by atoms with Crippen molar-refractivity contribution in [1.29, 1.82) is 0 Å². The highest BCUT2D eigenvalue weighted by Crippen LogP contribution is 2.24. The minimum atomic E-state index is 0.234. The summed E-state index contributed by atoms with van der Waals surface area (Å²) in [6.07, 6.45) is 0. The van der Waals surface area contributed by atoms with E-state index >= 15 is 0 Å². The van der Waals surface area contributed by atoms with Crippen molar-refractivity contribution in [2.75, 3.05) is 26.8 Å². The molecule has 112 valence electrons. The number of hydrogen-bond donors (Lipinski definition) is 2. The summed E-state index contributed by atoms with van der Waals surface area (Å²) in [5.41, 5.74) is 3.71. The van der Waals surface area contributed by atoms with Crippen LogP contribution < -0.4 is 10.6 Å². The van der Waals surface area contributed by atoms with Crippen LogP contribution in [-0.2, 0) is 18.3 Å². The predicted octanol–water partition coefficient (Wildman–Crippen LogP) is 0.738. The first-order valence-electron chi connectivity index (χ1n) is 6.96. The molecule has 0 saturated carbocycles. The highest BCUT2D eigenvalue weighted by atomic mass is 16.5. The highest BCUT2D eigenvalue weighted by Gasteiger charge is 2.33. The Kier molecular flexibility index (Phi) is 4.32. The first-order valence-corrected chi connectivity index (χ1v) is 6.96. The molecule has 0 atom stereocenters. The molecule has 1 fully saturated rings. The maximum atomic E-state index is 5.26. The monoisotopic (exact) mass is 279 g/mol. The van der Waals surface area contributed by atoms with Gasteiger partial charge in [-0.25, -0.2) is 0 Å². The van der Waals surface area contributed by atoms with Gasteiger partial charge in [-0.2, -0.15) is 5.10 Å². The van der Waals surface area contributed by atoms with Crippen LogP contribution in [-0.4, -0.2) is 42.5 Å². The second-order valence-electron chi connectivity index (χ2n) is 5.86. The maximum Gasteiger partial charge on any atom is 0.191 e. The van der Waals surface area contributed by atoms with Crippen molar-refractivity contribution < 1.29 is 4.74 Å². The van der Waals surface area contributed by atoms with E-state index in [4.69, 9.17) is 4.74 Å². The van der Waals surface area contributed by atoms with Gasteiger partial charge in [-0.05, 0) is 13.8 Å². The smallest absolute Gasteiger partial charge is 0.191 e. The first-order chi connectivity index (χ1) is 9.45. The standard InChI is InChI=1S/C14H25N5O/c1-10-12(11(2)19(5)18-10)6-16-13(15-4)17-7-14(3)8-20-9-14/h6-9H2,1-5H3,(H2,15,16,17). The Labute approximate surface area is 120 Å². The first kappa shape index (κ1) is 14.8. The zero-order valence-electron chi connectivity index (χ0n) is 13.1. The van der Waals surface area contributed by atoms with Gasteiger partial charge in [0.1, 0.15) is 0 Å². The highest BCUT2D eigenvalue weighted by molar-refractivity contribution is 5.79. The summed E-state index contributed by atoms with van der Waals surface area (Å²) in [5, 5.41) is 11.1. The zero-order chi connectivity index (χ0) is 14.8. The summed E-state index contributed by atoms with van der Waals surface area (Å²) in [6.45, 7) is 9.57. The van der Waals surface area contributed by atoms with Crippen molar-refractivity contribution in [3.05, 3.63) is 17.0 Å². The summed E-state index contributed by atoms with van der Waals surface area (Å²) >= 11 is 0. The Bertz CT molecular complexity index is 502. The van der Waals surface area contributed by atoms with E-state index in [0.29, 0.717) is 0 Å². The van der Waals surface area contributed by atoms with Crippen LogP contribution in [0.25, 0.3) is 0 Å². The number of aryl methyl sites for hydroxylation is 2. The van der Waals surface area contributed by atoms with Crippen LogP contribution in [0.1, 0.15) is 23.9 Å². The number of aliphatic imine (C=N–C) groups is 1. The minimum Gasteiger partial charge on any atom is -0.380 e. The van der Waals surface area contributed by atoms with Crippen LogP contribution in [0, 0.1) is 19.3 Å². The van der Waals surface area contributed by atoms with E-state index in [1.54, 1.807) is 7.05 Å². The minimum absolute atomic E-state index is 0.234. The molecule has 0 amide bonds. The summed E-state index contributed by atoms with van der Waals surface area (Å²) in [5.74, 6) is 0.820. The largest absolute Gasteiger partial charge is 0.380 e. The Morgan fingerprint density at radius 3 is 2.55 bits per heavy atom. The molecule has 0 aliphatic carbocycles. The Morgan fingerprint density at radius 2 is 2.10 bits per heavy atom. The third-order valence-electron chi connectivity index (χ3n) is 3.90. The Hall–Kier alpha value is -1.56. The number of aromatic nitrogens is 2. The topological polar surface area (TPSA) is 63.5 Å². The lowest BCUT2D eigenvalue weighted by molar-refractivity contribution is -0.0971. The SMILES string of the molecule is CN=C(NCc1c(C)nn(C)c1C)NCC1(C)COC1. The Balaban J connectivity index is 1.87. The van der Waals surface area contributed by atoms with Crippen molar-refractivity contribution in [2.24, 2.45) is 17.5 Å². The van der Waals surface area contributed by atoms with Gasteiger partial charge >= 0.3 is 0 Å². The van der Waals surface area contributed by atoms with Gasteiger partial charge in [0.2, 0.25) is 0 Å². The van der Waals surface area contributed by atoms with Gasteiger partial charge < -0.3 is 15.4 Å². The molecule has 1 aliphatic rings. The molecule has 0 spiro atoms. The number of nitrogens with zero attached hydrogens (tertiary/aromatic N) is 3. The van der Waals surface area contributed by atoms with Crippen molar-refractivity contribution in [3.8, 4) is 0 Å². The van der Waals surface area contributed by atoms with E-state index in [0.717, 1.165) is 38.0 Å². The van der Waals surface area contributed by atoms with Crippen LogP contribution in [0.5, 0.6) is 0 Å². The molecule has 0 aromatic carbocycles. The molecular weight excluding hydrogens is 254 g/mol. The molecule has 2 N–H and O–H groups in total. The molecule has 20 heavy (non-hydrogen) atoms. The normalized spacial score (nSPS) is 17.8. The van der Waals surface area contributed by atoms with Crippen LogP contribution in [0.2, 0.25) is 0 Å². The van der Waals surface area contributed by atoms with E-state index in [1.807, 2.05) is 18.7 Å². The van der Waals surface area contributed by atoms with Crippen molar-refractivity contribution in [2.45, 2.75) is 27.3 Å². The van der Waals surface area contributed by atoms with Crippen molar-refractivity contribution >= 4 is 5.96 Å². The maximum absolute atomic E-state index is 5.26. The van der Waals surface area contributed by atoms with Gasteiger partial charge in [0.15, 0.2) is 5.96 Å². The second kappa shape index (κ2) is 5.83. The van der Waals surface area contributed by atoms with Crippen molar-refractivity contribution in [1.82, 2.24) is 20.4 Å². The molecule has 1 aromatic heterocycles. The van der Waals surface area contributed by atoms with E-state index in [1.165, 1.54) is 11.3 Å². The average molecular weight is 279 g/mol. The summed E-state index contributed by atoms with van der Waals surface area (Å²) in [4.78, 5) is 4.26. The lowest BCUT2D eigenvalue weighted by Gasteiger charge is -2.38. The third kappa shape index (κ3) is 3.12. The second-order valence-corrected chi connectivity index (χ2v) is 5.86. The van der Waals surface area contributed by atoms with Crippen LogP contribution in [0.15, 0.2) is 4.99 Å². The average Bonchev–Trinajstić information content (AvgIpc) is 2.62. The summed E-state index contributed by atoms with van der Waals surface area (Å²) < 4.78 is 7.17. The van der Waals surface area contributed by atoms with Crippen LogP contribution in [0.4, 0.5) is 0 Å². The molecule has 1 aliphatic heterocycles. The molecule has 1 aromatic rings. The fraction of sp³-hybridized carbons (Fsp3) is 0.714. The van der Waals surface area contributed by atoms with Crippen molar-refractivity contribution in [3.63, 3.8) is 0 Å². The molecular formula is C14H25N5O. The van der Waals surface area contributed by atoms with E-state index in [2.05, 4.69) is 34.6 Å². The van der Waals surface area contributed by atoms with Gasteiger partial charge in [-0.15, -0.1) is 0 Å². The number of hydrogen-bond acceptors (Lipinski definition) is 3. The molecule has 0 bridgehead atoms. The molecule has 1 saturated heterocycles. The van der Waals surface area contributed by atoms with Crippen LogP contribution in [0.3, 0.4) is 0 Å². The fourth-order valence-electron chi connectivity index (χ4n) is 2.32. The quantitative estimate of drug-likeness (QED) is 0.630. The lowest BCUT2D eigenvalue weighted by atomic mass is 9.89. The summed E-state index contributed by atoms with van der Waals surface area (Å²) in [7, 11) is 3.76. The molecule has 2 rings (SSSR count). The molecule has 0 radical (unpaired) electrons. The predicted molar refractivity (Wildman–Crippen MR) is 79.8 cm³/mol. The van der Waals surface area contributed by atoms with E-state index in [9.17, 15) is 0 Å². The number of nitrogens with one attached hydrogen (secondary N) is 2. The molecule has 6 heteroatoms. The lowest BCUT2D eigenvalue weighted by Crippen LogP contribution is -2.50. The fourth-order valence-corrected chi connectivity index (χ4v) is 2.32. The molecule has 0 unspecified atom stereocenters. The number of ether oxygens (including phenoxy) is 1.